The third-order valence-corrected chi connectivity index (χ3v) is 27.3. The number of piperidine rings is 3. The summed E-state index contributed by atoms with van der Waals surface area (Å²) < 4.78 is 5.47. The maximum absolute atomic E-state index is 13.1. The Bertz CT molecular complexity index is 6440. The predicted octanol–water partition coefficient (Wildman–Crippen LogP) is 17.7. The number of nitrogens with one attached hydrogen (secondary N) is 2. The van der Waals surface area contributed by atoms with Gasteiger partial charge in [-0.05, 0) is 129 Å². The lowest BCUT2D eigenvalue weighted by Gasteiger charge is -2.36. The SMILES string of the molecule is NC(=O)C1CCCN(c2nc(-c3ccccn3)nc3scc(-c4ccccc4)c23)C1.O=C(C1CCN(c2nc(-c3ccccn3)nc3scc(-c4ccccc4)c23)CC1)N1CCCCC1.O=C(CN1CCN(c2nc(-c3ccccn3)nc3scc(-c4ccccc4)c23)CC1)NC1CC1.c1ccc(-c2csc3nc(-c4ccccn4)nc(NN4CCOCC4)c23)cc1. The molecule has 17 heterocycles. The second-order valence-electron chi connectivity index (χ2n) is 32.3. The van der Waals surface area contributed by atoms with Gasteiger partial charge in [-0.25, -0.2) is 44.9 Å². The standard InChI is InChI=1S/C28H29N5OS.C26H26N6OS.C23H21N5OS.C21H19N5OS/c34-28(33-15-7-2-8-16-33)21-12-17-32(18-13-21)26-24-22(20-9-3-1-4-10-20)19-35-27(24)31-25(30-26)23-11-5-6-14-29-23;33-22(28-19-9-10-19)16-31-12-14-32(15-13-31)25-23-20(18-6-2-1-3-7-18)17-34-26(23)30-24(29-25)21-8-4-5-11-27-21;24-20(29)16-9-6-12-28(13-16)22-19-17(15-7-2-1-3-8-15)14-30-23(19)27-21(26-22)18-10-4-5-11-25-18;1-2-6-15(7-3-1)16-14-28-21-18(16)20(25-26-10-12-27-13-11-26)23-19(24-21)17-8-4-5-9-22-17/h1,3-6,9-11,14,19,21H,2,7-8,12-13,15-18H2;1-8,11,17,19H,9-10,12-16H2,(H,28,33);1-5,7-8,10-11,14,16H,6,9,12-13H2,(H2,24,29);1-9,14H,10-13H2,(H,23,24,25). The van der Waals surface area contributed by atoms with E-state index in [1.807, 2.05) is 109 Å². The summed E-state index contributed by atoms with van der Waals surface area (Å²) in [5.74, 6) is 6.31. The highest BCUT2D eigenvalue weighted by atomic mass is 32.1. The Morgan fingerprint density at radius 2 is 0.772 bits per heavy atom. The molecule has 5 saturated heterocycles. The maximum atomic E-state index is 13.1. The van der Waals surface area contributed by atoms with Gasteiger partial charge in [-0.1, -0.05) is 146 Å². The molecular formula is C98H95N21O4S4. The number of primary amides is 1. The van der Waals surface area contributed by atoms with E-state index in [4.69, 9.17) is 50.3 Å². The largest absolute Gasteiger partial charge is 0.379 e. The summed E-state index contributed by atoms with van der Waals surface area (Å²) in [7, 11) is 0. The molecule has 25 nitrogen and oxygen atoms in total. The number of likely N-dealkylation sites (tertiary alicyclic amines) is 1. The van der Waals surface area contributed by atoms with Gasteiger partial charge >= 0.3 is 0 Å². The number of hydrogen-bond acceptors (Lipinski definition) is 26. The Balaban J connectivity index is 0.000000111. The first-order valence-corrected chi connectivity index (χ1v) is 47.1. The number of fused-ring (bicyclic) bond motifs is 4. The molecule has 6 fully saturated rings. The average molecular weight is 1760 g/mol. The topological polar surface area (TPSA) is 285 Å². The number of morpholine rings is 1. The first-order valence-electron chi connectivity index (χ1n) is 43.6. The van der Waals surface area contributed by atoms with Crippen LogP contribution in [-0.4, -0.2) is 197 Å². The molecule has 16 aromatic rings. The van der Waals surface area contributed by atoms with Gasteiger partial charge in [0.25, 0.3) is 0 Å². The van der Waals surface area contributed by atoms with Crippen LogP contribution in [0.3, 0.4) is 0 Å². The van der Waals surface area contributed by atoms with E-state index in [0.29, 0.717) is 61.5 Å². The first kappa shape index (κ1) is 83.7. The summed E-state index contributed by atoms with van der Waals surface area (Å²) in [6.45, 7) is 11.7. The Labute approximate surface area is 751 Å². The molecule has 12 aromatic heterocycles. The molecule has 0 radical (unpaired) electrons. The number of hydrogen-bond donors (Lipinski definition) is 3. The summed E-state index contributed by atoms with van der Waals surface area (Å²) in [5.41, 5.74) is 21.4. The van der Waals surface area contributed by atoms with E-state index in [2.05, 4.69) is 167 Å². The van der Waals surface area contributed by atoms with Crippen molar-refractivity contribution in [2.45, 2.75) is 63.8 Å². The van der Waals surface area contributed by atoms with Gasteiger partial charge in [-0.3, -0.25) is 39.2 Å². The van der Waals surface area contributed by atoms with E-state index in [0.717, 1.165) is 238 Å². The molecule has 5 aliphatic heterocycles. The summed E-state index contributed by atoms with van der Waals surface area (Å²) in [5, 5.41) is 18.2. The number of ether oxygens (including phenoxy) is 1. The monoisotopic (exact) mass is 1760 g/mol. The van der Waals surface area contributed by atoms with Crippen molar-refractivity contribution in [3.63, 3.8) is 0 Å². The van der Waals surface area contributed by atoms with Crippen LogP contribution in [0.25, 0.3) is 131 Å². The van der Waals surface area contributed by atoms with Crippen molar-refractivity contribution in [2.24, 2.45) is 17.6 Å². The van der Waals surface area contributed by atoms with E-state index in [-0.39, 0.29) is 23.7 Å². The molecule has 1 saturated carbocycles. The quantitative estimate of drug-likeness (QED) is 0.0719. The molecule has 29 heteroatoms. The zero-order chi connectivity index (χ0) is 85.8. The minimum Gasteiger partial charge on any atom is -0.379 e. The molecule has 4 aromatic carbocycles. The highest BCUT2D eigenvalue weighted by molar-refractivity contribution is 7.18. The molecule has 127 heavy (non-hydrogen) atoms. The van der Waals surface area contributed by atoms with Crippen LogP contribution < -0.4 is 31.2 Å². The minimum absolute atomic E-state index is 0.119. The third-order valence-electron chi connectivity index (χ3n) is 23.8. The number of piperazine rings is 1. The zero-order valence-electron chi connectivity index (χ0n) is 70.2. The van der Waals surface area contributed by atoms with Crippen molar-refractivity contribution in [2.75, 3.05) is 118 Å². The van der Waals surface area contributed by atoms with E-state index in [9.17, 15) is 14.4 Å². The van der Waals surface area contributed by atoms with Crippen LogP contribution in [0.4, 0.5) is 23.3 Å². The Hall–Kier alpha value is -12.9. The van der Waals surface area contributed by atoms with Gasteiger partial charge < -0.3 is 40.8 Å². The summed E-state index contributed by atoms with van der Waals surface area (Å²) in [6, 6.07) is 65.1. The third kappa shape index (κ3) is 19.4. The van der Waals surface area contributed by atoms with Gasteiger partial charge in [0, 0.05) is 159 Å². The minimum atomic E-state index is -0.247. The van der Waals surface area contributed by atoms with E-state index in [1.165, 1.54) is 23.1 Å². The fourth-order valence-corrected chi connectivity index (χ4v) is 20.8. The second kappa shape index (κ2) is 39.3. The first-order chi connectivity index (χ1) is 62.6. The number of anilines is 4. The van der Waals surface area contributed by atoms with E-state index in [1.54, 1.807) is 70.1 Å². The lowest BCUT2D eigenvalue weighted by Crippen LogP contribution is -2.50. The van der Waals surface area contributed by atoms with Crippen molar-refractivity contribution in [3.8, 4) is 90.6 Å². The molecule has 1 atom stereocenters. The van der Waals surface area contributed by atoms with Crippen molar-refractivity contribution in [3.05, 3.63) is 240 Å². The highest BCUT2D eigenvalue weighted by Crippen LogP contribution is 2.45. The molecule has 6 aliphatic rings. The number of nitrogens with zero attached hydrogens (tertiary/aromatic N) is 18. The lowest BCUT2D eigenvalue weighted by atomic mass is 9.94. The van der Waals surface area contributed by atoms with Crippen LogP contribution >= 0.6 is 45.3 Å². The molecule has 0 spiro atoms. The van der Waals surface area contributed by atoms with Gasteiger partial charge in [0.05, 0.1) is 47.2 Å². The summed E-state index contributed by atoms with van der Waals surface area (Å²) >= 11 is 6.54. The van der Waals surface area contributed by atoms with Crippen molar-refractivity contribution >= 4 is 127 Å². The van der Waals surface area contributed by atoms with Crippen LogP contribution in [0.2, 0.25) is 0 Å². The number of benzene rings is 4. The van der Waals surface area contributed by atoms with Gasteiger partial charge in [0.15, 0.2) is 29.1 Å². The molecular weight excluding hydrogens is 1660 g/mol. The van der Waals surface area contributed by atoms with Gasteiger partial charge in [0.1, 0.15) is 59.6 Å². The van der Waals surface area contributed by atoms with Gasteiger partial charge in [0.2, 0.25) is 17.7 Å². The highest BCUT2D eigenvalue weighted by Gasteiger charge is 2.34. The normalized spacial score (nSPS) is 16.4. The predicted molar refractivity (Wildman–Crippen MR) is 510 cm³/mol. The number of nitrogens with two attached hydrogens (primary N) is 1. The number of carbonyl (C=O) groups excluding carboxylic acids is 3. The number of thiophene rings is 4. The molecule has 0 bridgehead atoms. The number of amides is 3. The van der Waals surface area contributed by atoms with Crippen LogP contribution in [0.1, 0.15) is 57.8 Å². The van der Waals surface area contributed by atoms with Crippen molar-refractivity contribution in [1.29, 1.82) is 0 Å². The summed E-state index contributed by atoms with van der Waals surface area (Å²) in [6.07, 6.45) is 16.3. The fourth-order valence-electron chi connectivity index (χ4n) is 17.0. The number of pyridine rings is 4. The number of rotatable bonds is 18. The Morgan fingerprint density at radius 1 is 0.378 bits per heavy atom. The van der Waals surface area contributed by atoms with Gasteiger partial charge in [-0.2, -0.15) is 0 Å². The maximum Gasteiger partial charge on any atom is 0.234 e. The molecule has 3 amide bonds. The number of carbonyl (C=O) groups is 3. The number of aromatic nitrogens is 12. The molecule has 1 unspecified atom stereocenters. The lowest BCUT2D eigenvalue weighted by molar-refractivity contribution is -0.137. The molecule has 640 valence electrons. The van der Waals surface area contributed by atoms with E-state index >= 15 is 0 Å². The van der Waals surface area contributed by atoms with Crippen LogP contribution in [-0.2, 0) is 19.1 Å². The van der Waals surface area contributed by atoms with Crippen LogP contribution in [0, 0.1) is 11.8 Å². The van der Waals surface area contributed by atoms with Crippen LogP contribution in [0.15, 0.2) is 240 Å². The van der Waals surface area contributed by atoms with Crippen molar-refractivity contribution < 1.29 is 19.1 Å². The average Bonchev–Trinajstić information content (AvgIpc) is 1.66. The Kier molecular flexibility index (Phi) is 25.9. The fraction of sp³-hybridized carbons (Fsp3) is 0.276. The molecule has 4 N–H and O–H groups in total. The molecule has 22 rings (SSSR count). The van der Waals surface area contributed by atoms with Crippen molar-refractivity contribution in [1.82, 2.24) is 79.9 Å². The van der Waals surface area contributed by atoms with Gasteiger partial charge in [-0.15, -0.1) is 45.3 Å². The van der Waals surface area contributed by atoms with E-state index < -0.39 is 0 Å². The smallest absolute Gasteiger partial charge is 0.234 e. The second-order valence-corrected chi connectivity index (χ2v) is 35.7. The summed E-state index contributed by atoms with van der Waals surface area (Å²) in [4.78, 5) is 110. The molecule has 1 aliphatic carbocycles. The number of hydrazine groups is 1. The Morgan fingerprint density at radius 3 is 1.18 bits per heavy atom. The van der Waals surface area contributed by atoms with Crippen LogP contribution in [0.5, 0.6) is 0 Å². The zero-order valence-corrected chi connectivity index (χ0v) is 73.5.